The Balaban J connectivity index is -0.000000200. The second-order valence-corrected chi connectivity index (χ2v) is 25.3. The van der Waals surface area contributed by atoms with Crippen LogP contribution in [0.2, 0.25) is 39.3 Å². The van der Waals surface area contributed by atoms with Crippen molar-refractivity contribution in [3.63, 3.8) is 0 Å². The topological polar surface area (TPSA) is 130 Å². The van der Waals surface area contributed by atoms with Gasteiger partial charge in [0, 0.05) is 18.8 Å². The van der Waals surface area contributed by atoms with Gasteiger partial charge in [-0.2, -0.15) is 0 Å². The third-order valence-corrected chi connectivity index (χ3v) is 20.1. The summed E-state index contributed by atoms with van der Waals surface area (Å²) in [5.41, 5.74) is 15.4. The lowest BCUT2D eigenvalue weighted by Gasteiger charge is -2.30. The Bertz CT molecular complexity index is 155. The van der Waals surface area contributed by atoms with Crippen molar-refractivity contribution < 1.29 is 0 Å². The molecule has 114 valence electrons. The Morgan fingerprint density at radius 3 is 1.17 bits per heavy atom. The fourth-order valence-corrected chi connectivity index (χ4v) is 0. The van der Waals surface area contributed by atoms with Crippen LogP contribution in [0.25, 0.3) is 0 Å². The summed E-state index contributed by atoms with van der Waals surface area (Å²) in [7, 11) is -3.13. The maximum absolute atomic E-state index is 6.01. The average molecular weight is 312 g/mol. The highest BCUT2D eigenvalue weighted by Gasteiger charge is 2.32. The molecule has 0 spiro atoms. The van der Waals surface area contributed by atoms with E-state index >= 15 is 0 Å². The fourth-order valence-electron chi connectivity index (χ4n) is 0. The summed E-state index contributed by atoms with van der Waals surface area (Å²) >= 11 is 0. The van der Waals surface area contributed by atoms with E-state index in [2.05, 4.69) is 32.7 Å². The number of hydrogen-bond donors (Lipinski definition) is 5. The zero-order valence-electron chi connectivity index (χ0n) is 13.5. The van der Waals surface area contributed by atoms with Crippen LogP contribution in [0.15, 0.2) is 0 Å². The van der Waals surface area contributed by atoms with Crippen molar-refractivity contribution in [3.05, 3.63) is 0 Å². The third-order valence-electron chi connectivity index (χ3n) is 2.93. The summed E-state index contributed by atoms with van der Waals surface area (Å²) < 4.78 is 0. The van der Waals surface area contributed by atoms with Gasteiger partial charge in [-0.3, -0.25) is 0 Å². The number of rotatable bonds is 3. The number of hydrogen-bond acceptors (Lipinski definition) is 5. The van der Waals surface area contributed by atoms with E-state index in [4.69, 9.17) is 28.0 Å². The van der Waals surface area contributed by atoms with E-state index in [9.17, 15) is 0 Å². The van der Waals surface area contributed by atoms with Gasteiger partial charge < -0.3 is 28.0 Å². The maximum atomic E-state index is 6.01. The molecular weight excluding hydrogens is 274 g/mol. The van der Waals surface area contributed by atoms with Crippen LogP contribution in [-0.4, -0.2) is 43.1 Å². The van der Waals surface area contributed by atoms with Crippen molar-refractivity contribution in [1.82, 2.24) is 0 Å². The van der Waals surface area contributed by atoms with Gasteiger partial charge in [0.15, 0.2) is 0 Å². The van der Waals surface area contributed by atoms with E-state index in [1.807, 2.05) is 13.5 Å². The monoisotopic (exact) mass is 311 g/mol. The predicted molar refractivity (Wildman–Crippen MR) is 94.0 cm³/mol. The molecule has 0 amide bonds. The van der Waals surface area contributed by atoms with Gasteiger partial charge in [-0.25, -0.2) is 0 Å². The molecule has 0 fully saturated rings. The molecule has 5 nitrogen and oxygen atoms in total. The predicted octanol–water partition coefficient (Wildman–Crippen LogP) is -0.344. The summed E-state index contributed by atoms with van der Waals surface area (Å²) in [4.78, 5) is 0. The van der Waals surface area contributed by atoms with Crippen molar-refractivity contribution in [1.29, 1.82) is 0 Å². The summed E-state index contributed by atoms with van der Waals surface area (Å²) in [6.07, 6.45) is 0. The van der Waals surface area contributed by atoms with Gasteiger partial charge in [-0.15, -0.1) is 0 Å². The molecule has 0 aromatic carbocycles. The van der Waals surface area contributed by atoms with Crippen LogP contribution in [0.3, 0.4) is 0 Å². The van der Waals surface area contributed by atoms with Gasteiger partial charge in [-0.1, -0.05) is 46.2 Å². The Kier molecular flexibility index (Phi) is 14.8. The summed E-state index contributed by atoms with van der Waals surface area (Å²) in [6, 6.07) is 0. The first kappa shape index (κ1) is 23.5. The second kappa shape index (κ2) is 11.3. The van der Waals surface area contributed by atoms with Crippen molar-refractivity contribution in [3.8, 4) is 0 Å². The van der Waals surface area contributed by atoms with Crippen molar-refractivity contribution >= 4 is 24.3 Å². The van der Waals surface area contributed by atoms with E-state index in [1.165, 1.54) is 0 Å². The zero-order chi connectivity index (χ0) is 15.6. The molecule has 0 saturated carbocycles. The fraction of sp³-hybridized carbons (Fsp3) is 1.00. The first-order chi connectivity index (χ1) is 7.81. The van der Waals surface area contributed by atoms with Gasteiger partial charge in [0.05, 0.1) is 7.59 Å². The normalized spacial score (nSPS) is 14.7. The molecule has 2 unspecified atom stereocenters. The van der Waals surface area contributed by atoms with Gasteiger partial charge in [-0.05, 0) is 0 Å². The second-order valence-electron chi connectivity index (χ2n) is 6.27. The molecule has 0 aromatic rings. The van der Waals surface area contributed by atoms with Crippen molar-refractivity contribution in [2.24, 2.45) is 28.0 Å². The quantitative estimate of drug-likeness (QED) is 0.455. The Morgan fingerprint density at radius 1 is 1.00 bits per heavy atom. The van der Waals surface area contributed by atoms with Crippen LogP contribution in [0.5, 0.6) is 0 Å². The van der Waals surface area contributed by atoms with Gasteiger partial charge in [0.25, 0.3) is 0 Å². The molecule has 0 rings (SSSR count). The van der Waals surface area contributed by atoms with E-state index in [1.54, 1.807) is 0 Å². The third kappa shape index (κ3) is 18.8. The molecule has 0 aliphatic rings. The van der Waals surface area contributed by atoms with Crippen LogP contribution in [-0.2, 0) is 0 Å². The number of nitrogens with two attached hydrogens (primary N) is 5. The maximum Gasteiger partial charge on any atom is 0.119 e. The molecule has 8 heteroatoms. The average Bonchev–Trinajstić information content (AvgIpc) is 2.16. The molecule has 0 aliphatic heterocycles. The van der Waals surface area contributed by atoms with Crippen molar-refractivity contribution in [2.45, 2.75) is 51.9 Å². The Hall–Kier alpha value is 0.451. The van der Waals surface area contributed by atoms with Crippen LogP contribution < -0.4 is 28.0 Å². The Morgan fingerprint density at radius 2 is 1.17 bits per heavy atom. The van der Waals surface area contributed by atoms with Crippen LogP contribution in [0.4, 0.5) is 0 Å². The summed E-state index contributed by atoms with van der Waals surface area (Å²) in [5.74, 6) is 0. The largest absolute Gasteiger partial charge is 0.353 e. The highest BCUT2D eigenvalue weighted by molar-refractivity contribution is 7.39. The van der Waals surface area contributed by atoms with E-state index < -0.39 is 24.3 Å². The minimum atomic E-state index is -1.22. The molecule has 0 aliphatic carbocycles. The lowest BCUT2D eigenvalue weighted by atomic mass is 10.7. The minimum Gasteiger partial charge on any atom is -0.353 e. The molecule has 18 heavy (non-hydrogen) atoms. The summed E-state index contributed by atoms with van der Waals surface area (Å²) in [5, 5.41) is 11.5. The molecule has 2 atom stereocenters. The van der Waals surface area contributed by atoms with Crippen molar-refractivity contribution in [2.75, 3.05) is 13.1 Å². The standard InChI is InChI=1S/C5H17NSi2.C3H12N2Si.C2H8N2/c1-7(2,3)8(4,5)6;1-3(4)6(2)5;3-1-2-4/h6H2,1-5H3;3,6H,4-5H2,1-2H3;1-4H2. The molecule has 0 saturated heterocycles. The van der Waals surface area contributed by atoms with E-state index in [0.717, 1.165) is 0 Å². The van der Waals surface area contributed by atoms with Crippen LogP contribution >= 0.6 is 0 Å². The first-order valence-electron chi connectivity index (χ1n) is 6.51. The highest BCUT2D eigenvalue weighted by atomic mass is 29.3. The van der Waals surface area contributed by atoms with Gasteiger partial charge in [0.1, 0.15) is 16.7 Å². The SMILES string of the molecule is CC(N)[SiH](C)N.C[Si](C)(C)[Si](C)(C)N.NCCN. The van der Waals surface area contributed by atoms with Crippen LogP contribution in [0, 0.1) is 0 Å². The molecule has 0 heterocycles. The Labute approximate surface area is 117 Å². The molecule has 10 N–H and O–H groups in total. The molecule has 0 bridgehead atoms. The van der Waals surface area contributed by atoms with Gasteiger partial charge in [0.2, 0.25) is 0 Å². The van der Waals surface area contributed by atoms with E-state index in [0.29, 0.717) is 13.1 Å². The highest BCUT2D eigenvalue weighted by Crippen LogP contribution is 2.11. The van der Waals surface area contributed by atoms with Gasteiger partial charge >= 0.3 is 0 Å². The zero-order valence-corrected chi connectivity index (χ0v) is 16.6. The molecular formula is C10H37N5Si3. The molecule has 0 radical (unpaired) electrons. The van der Waals surface area contributed by atoms with E-state index in [-0.39, 0.29) is 5.67 Å². The lowest BCUT2D eigenvalue weighted by Crippen LogP contribution is -2.60. The molecule has 0 aromatic heterocycles. The minimum absolute atomic E-state index is 0.269. The van der Waals surface area contributed by atoms with Crippen LogP contribution in [0.1, 0.15) is 6.92 Å². The lowest BCUT2D eigenvalue weighted by molar-refractivity contribution is 0.976. The summed E-state index contributed by atoms with van der Waals surface area (Å²) in [6.45, 7) is 16.7. The first-order valence-corrected chi connectivity index (χ1v) is 16.6. The smallest absolute Gasteiger partial charge is 0.119 e.